The van der Waals surface area contributed by atoms with Crippen LogP contribution in [0.2, 0.25) is 6.32 Å². The van der Waals surface area contributed by atoms with Crippen LogP contribution in [0.15, 0.2) is 47.9 Å². The molecule has 0 bridgehead atoms. The molecule has 2 heterocycles. The average Bonchev–Trinajstić information content (AvgIpc) is 3.45. The van der Waals surface area contributed by atoms with Crippen LogP contribution in [0.5, 0.6) is 0 Å². The Labute approximate surface area is 206 Å². The molecule has 0 unspecified atom stereocenters. The molecule has 3 rings (SSSR count). The number of hydrogen-bond acceptors (Lipinski definition) is 8. The Hall–Kier alpha value is -3.14. The summed E-state index contributed by atoms with van der Waals surface area (Å²) in [6.45, 7) is 12.9. The lowest BCUT2D eigenvalue weighted by Gasteiger charge is -2.06. The molecule has 0 aliphatic rings. The largest absolute Gasteiger partial charge is 0.372 e. The fraction of sp³-hybridized carbons (Fsp3) is 0.500. The van der Waals surface area contributed by atoms with Crippen LogP contribution in [-0.2, 0) is 0 Å². The smallest absolute Gasteiger partial charge is 0.148 e. The lowest BCUT2D eigenvalue weighted by molar-refractivity contribution is 0.727. The number of aromatic nitrogens is 5. The second kappa shape index (κ2) is 23.0. The van der Waals surface area contributed by atoms with E-state index in [0.29, 0.717) is 22.8 Å². The van der Waals surface area contributed by atoms with Crippen LogP contribution in [0.4, 0.5) is 11.5 Å². The minimum Gasteiger partial charge on any atom is -0.372 e. The van der Waals surface area contributed by atoms with Gasteiger partial charge in [-0.15, -0.1) is 15.1 Å². The third-order valence-corrected chi connectivity index (χ3v) is 3.73. The van der Waals surface area contributed by atoms with Crippen molar-refractivity contribution in [2.24, 2.45) is 10.9 Å². The molecule has 0 aliphatic carbocycles. The van der Waals surface area contributed by atoms with Gasteiger partial charge in [-0.1, -0.05) is 60.7 Å². The van der Waals surface area contributed by atoms with E-state index in [-0.39, 0.29) is 5.69 Å². The van der Waals surface area contributed by atoms with Crippen molar-refractivity contribution in [3.63, 3.8) is 0 Å². The van der Waals surface area contributed by atoms with Crippen molar-refractivity contribution in [3.05, 3.63) is 47.6 Å². The van der Waals surface area contributed by atoms with Crippen molar-refractivity contribution in [3.8, 4) is 16.9 Å². The Morgan fingerprint density at radius 3 is 2.03 bits per heavy atom. The fourth-order valence-electron chi connectivity index (χ4n) is 2.29. The first-order chi connectivity index (χ1) is 16.6. The van der Waals surface area contributed by atoms with Crippen molar-refractivity contribution in [1.29, 1.82) is 0 Å². The van der Waals surface area contributed by atoms with E-state index in [1.807, 2.05) is 34.6 Å². The molecule has 186 valence electrons. The molecule has 9 nitrogen and oxygen atoms in total. The zero-order valence-electron chi connectivity index (χ0n) is 21.8. The Bertz CT molecular complexity index is 839. The van der Waals surface area contributed by atoms with E-state index in [4.69, 9.17) is 13.6 Å². The maximum atomic E-state index is 11.1. The number of hydrogen-bond donors (Lipinski definition) is 2. The molecule has 0 spiro atoms. The summed E-state index contributed by atoms with van der Waals surface area (Å²) in [4.78, 5) is 12.5. The van der Waals surface area contributed by atoms with Crippen LogP contribution < -0.4 is 11.1 Å². The van der Waals surface area contributed by atoms with E-state index >= 15 is 0 Å². The van der Waals surface area contributed by atoms with E-state index < -0.39 is 0 Å². The summed E-state index contributed by atoms with van der Waals surface area (Å²) in [6.07, 6.45) is 7.62. The molecular weight excluding hydrogens is 427 g/mol. The fourth-order valence-corrected chi connectivity index (χ4v) is 2.29. The van der Waals surface area contributed by atoms with Crippen molar-refractivity contribution in [1.82, 2.24) is 25.2 Å². The van der Waals surface area contributed by atoms with Crippen molar-refractivity contribution < 1.29 is 0 Å². The minimum atomic E-state index is 0.260. The van der Waals surface area contributed by atoms with Crippen LogP contribution in [-0.4, -0.2) is 46.6 Å². The zero-order chi connectivity index (χ0) is 26.2. The van der Waals surface area contributed by atoms with Crippen molar-refractivity contribution in [2.45, 2.75) is 67.1 Å². The van der Waals surface area contributed by atoms with E-state index in [9.17, 15) is 4.91 Å². The number of rotatable bonds is 7. The highest BCUT2D eigenvalue weighted by molar-refractivity contribution is 6.08. The third kappa shape index (κ3) is 12.8. The molecule has 0 atom stereocenters. The van der Waals surface area contributed by atoms with E-state index in [0.717, 1.165) is 12.9 Å². The molecule has 10 heteroatoms. The van der Waals surface area contributed by atoms with Crippen LogP contribution >= 0.6 is 0 Å². The van der Waals surface area contributed by atoms with Crippen LogP contribution in [0.25, 0.3) is 16.9 Å². The normalized spacial score (nSPS) is 8.82. The van der Waals surface area contributed by atoms with Crippen molar-refractivity contribution >= 4 is 19.4 Å². The van der Waals surface area contributed by atoms with Crippen LogP contribution in [0, 0.1) is 4.91 Å². The molecule has 34 heavy (non-hydrogen) atoms. The second-order valence-electron chi connectivity index (χ2n) is 6.07. The van der Waals surface area contributed by atoms with E-state index in [2.05, 4.69) is 37.8 Å². The molecule has 0 aliphatic heterocycles. The summed E-state index contributed by atoms with van der Waals surface area (Å²) >= 11 is 0. The highest BCUT2D eigenvalue weighted by Crippen LogP contribution is 2.30. The lowest BCUT2D eigenvalue weighted by Crippen LogP contribution is -1.99. The summed E-state index contributed by atoms with van der Waals surface area (Å²) in [5.41, 5.74) is 7.31. The molecule has 0 amide bonds. The minimum absolute atomic E-state index is 0.260. The van der Waals surface area contributed by atoms with Gasteiger partial charge in [-0.25, -0.2) is 0 Å². The summed E-state index contributed by atoms with van der Waals surface area (Å²) < 4.78 is 0. The van der Waals surface area contributed by atoms with Gasteiger partial charge in [0.1, 0.15) is 11.5 Å². The second-order valence-corrected chi connectivity index (χ2v) is 6.07. The third-order valence-electron chi connectivity index (χ3n) is 3.73. The van der Waals surface area contributed by atoms with Gasteiger partial charge in [0.2, 0.25) is 0 Å². The first-order valence-electron chi connectivity index (χ1n) is 11.9. The Kier molecular flexibility index (Phi) is 22.4. The first-order valence-corrected chi connectivity index (χ1v) is 11.9. The molecule has 0 fully saturated rings. The van der Waals surface area contributed by atoms with Gasteiger partial charge in [-0.2, -0.15) is 15.0 Å². The number of nitrogens with two attached hydrogens (primary N) is 1. The van der Waals surface area contributed by atoms with Gasteiger partial charge >= 0.3 is 0 Å². The van der Waals surface area contributed by atoms with Gasteiger partial charge in [-0.3, -0.25) is 0 Å². The van der Waals surface area contributed by atoms with E-state index in [1.54, 1.807) is 49.8 Å². The molecule has 3 aromatic rings. The molecule has 3 N–H and O–H groups in total. The van der Waals surface area contributed by atoms with Crippen LogP contribution in [0.3, 0.4) is 0 Å². The summed E-state index contributed by atoms with van der Waals surface area (Å²) in [5.74, 6) is 0.650. The highest BCUT2D eigenvalue weighted by Gasteiger charge is 2.10. The monoisotopic (exact) mass is 468 g/mol. The lowest BCUT2D eigenvalue weighted by atomic mass is 10.1. The molecule has 0 saturated heterocycles. The summed E-state index contributed by atoms with van der Waals surface area (Å²) in [6, 6.07) is 8.70. The molecule has 0 saturated carbocycles. The molecular formula is C24H41BN8O. The predicted molar refractivity (Wildman–Crippen MR) is 145 cm³/mol. The van der Waals surface area contributed by atoms with Crippen LogP contribution in [0.1, 0.15) is 60.8 Å². The van der Waals surface area contributed by atoms with Crippen molar-refractivity contribution in [2.75, 3.05) is 18.9 Å². The number of anilines is 1. The van der Waals surface area contributed by atoms with Gasteiger partial charge < -0.3 is 11.1 Å². The standard InChI is InChI=1S/C13H11N7O.C5H13N.C2H5B.2C2H6/c1-14-13-5-4-11(17-18-13)10-3-2-9(8-12(10)19-21)20-15-6-7-16-20;1-2-3-4-5-6;1-2-3;2*1-2/h2-8H,1H3,(H,14,18);2-6H2,1H3;2H2,1H3;2*1-2H3. The number of nitrogens with one attached hydrogen (secondary N) is 1. The quantitative estimate of drug-likeness (QED) is 0.250. The van der Waals surface area contributed by atoms with Gasteiger partial charge in [0.15, 0.2) is 0 Å². The van der Waals surface area contributed by atoms with Gasteiger partial charge in [-0.05, 0) is 48.5 Å². The maximum Gasteiger partial charge on any atom is 0.148 e. The SMILES string of the molecule is CC.CC.CCCCCN.CNc1ccc(-c2ccc(-n3nccn3)cc2N=O)nn1.[B]CC. The van der Waals surface area contributed by atoms with Gasteiger partial charge in [0, 0.05) is 12.6 Å². The van der Waals surface area contributed by atoms with E-state index in [1.165, 1.54) is 24.1 Å². The maximum absolute atomic E-state index is 11.1. The summed E-state index contributed by atoms with van der Waals surface area (Å²) in [5, 5.41) is 22.0. The zero-order valence-corrected chi connectivity index (χ0v) is 21.8. The number of nitrogens with zero attached hydrogens (tertiary/aromatic N) is 6. The topological polar surface area (TPSA) is 124 Å². The number of nitroso groups, excluding NO2 is 1. The average molecular weight is 468 g/mol. The summed E-state index contributed by atoms with van der Waals surface area (Å²) in [7, 11) is 6.61. The predicted octanol–water partition coefficient (Wildman–Crippen LogP) is 5.94. The highest BCUT2D eigenvalue weighted by atomic mass is 16.3. The number of benzene rings is 1. The van der Waals surface area contributed by atoms with Gasteiger partial charge in [0.25, 0.3) is 0 Å². The first kappa shape index (κ1) is 33.0. The van der Waals surface area contributed by atoms with Gasteiger partial charge in [0.05, 0.1) is 31.6 Å². The number of unbranched alkanes of at least 4 members (excludes halogenated alkanes) is 2. The molecule has 2 aromatic heterocycles. The Morgan fingerprint density at radius 1 is 1.00 bits per heavy atom. The Balaban J connectivity index is 0. The Morgan fingerprint density at radius 2 is 1.62 bits per heavy atom. The molecule has 1 aromatic carbocycles. The molecule has 2 radical (unpaired) electrons.